The van der Waals surface area contributed by atoms with Gasteiger partial charge in [0.05, 0.1) is 13.7 Å². The fraction of sp³-hybridized carbons (Fsp3) is 0.429. The first-order valence-electron chi connectivity index (χ1n) is 9.22. The number of pyridine rings is 1. The smallest absolute Gasteiger partial charge is 0.263 e. The largest absolute Gasteiger partial charge is 0.493 e. The summed E-state index contributed by atoms with van der Waals surface area (Å²) in [5.74, 6) is 1.32. The van der Waals surface area contributed by atoms with Crippen molar-refractivity contribution < 1.29 is 14.3 Å². The molecule has 0 saturated carbocycles. The third-order valence-corrected chi connectivity index (χ3v) is 5.14. The summed E-state index contributed by atoms with van der Waals surface area (Å²) in [6.45, 7) is 4.87. The van der Waals surface area contributed by atoms with Crippen molar-refractivity contribution in [2.24, 2.45) is 13.0 Å². The Labute approximate surface area is 159 Å². The first-order chi connectivity index (χ1) is 13.0. The Hall–Kier alpha value is -2.76. The van der Waals surface area contributed by atoms with Crippen molar-refractivity contribution in [3.8, 4) is 11.5 Å². The number of ether oxygens (including phenoxy) is 2. The highest BCUT2D eigenvalue weighted by atomic mass is 16.5. The van der Waals surface area contributed by atoms with Crippen LogP contribution in [0.15, 0.2) is 29.1 Å². The SMILES string of the molecule is CCc1c(C)cc(C(=O)NCC2COc3c(cccc3OC)C2)c(=O)n1C. The average molecular weight is 370 g/mol. The zero-order valence-corrected chi connectivity index (χ0v) is 16.3. The molecule has 2 heterocycles. The van der Waals surface area contributed by atoms with Crippen LogP contribution in [0.2, 0.25) is 0 Å². The molecule has 1 atom stereocenters. The van der Waals surface area contributed by atoms with E-state index in [1.165, 1.54) is 0 Å². The van der Waals surface area contributed by atoms with E-state index in [4.69, 9.17) is 9.47 Å². The highest BCUT2D eigenvalue weighted by Crippen LogP contribution is 2.35. The van der Waals surface area contributed by atoms with Crippen molar-refractivity contribution in [3.63, 3.8) is 0 Å². The molecule has 1 unspecified atom stereocenters. The highest BCUT2D eigenvalue weighted by Gasteiger charge is 2.24. The van der Waals surface area contributed by atoms with E-state index >= 15 is 0 Å². The molecule has 3 rings (SSSR count). The normalized spacial score (nSPS) is 15.6. The van der Waals surface area contributed by atoms with Gasteiger partial charge in [0, 0.05) is 25.2 Å². The number of fused-ring (bicyclic) bond motifs is 1. The molecule has 144 valence electrons. The standard InChI is InChI=1S/C21H26N2O4/c1-5-17-13(2)9-16(21(25)23(17)3)20(24)22-11-14-10-15-7-6-8-18(26-4)19(15)27-12-14/h6-9,14H,5,10-12H2,1-4H3,(H,22,24). The molecule has 2 aromatic rings. The molecule has 0 spiro atoms. The molecule has 1 aliphatic rings. The third-order valence-electron chi connectivity index (χ3n) is 5.14. The van der Waals surface area contributed by atoms with E-state index in [-0.39, 0.29) is 22.9 Å². The van der Waals surface area contributed by atoms with Crippen LogP contribution in [0.4, 0.5) is 0 Å². The number of hydrogen-bond acceptors (Lipinski definition) is 4. The molecule has 1 aromatic carbocycles. The molecule has 0 aliphatic carbocycles. The zero-order valence-electron chi connectivity index (χ0n) is 16.3. The van der Waals surface area contributed by atoms with E-state index in [0.29, 0.717) is 13.2 Å². The summed E-state index contributed by atoms with van der Waals surface area (Å²) in [5, 5.41) is 2.90. The maximum Gasteiger partial charge on any atom is 0.263 e. The molecular weight excluding hydrogens is 344 g/mol. The fourth-order valence-electron chi connectivity index (χ4n) is 3.69. The number of benzene rings is 1. The molecule has 6 nitrogen and oxygen atoms in total. The van der Waals surface area contributed by atoms with Crippen LogP contribution in [-0.4, -0.2) is 30.7 Å². The Kier molecular flexibility index (Phi) is 5.54. The number of methoxy groups -OCH3 is 1. The van der Waals surface area contributed by atoms with Gasteiger partial charge in [0.25, 0.3) is 11.5 Å². The number of hydrogen-bond donors (Lipinski definition) is 1. The molecule has 6 heteroatoms. The number of nitrogens with zero attached hydrogens (tertiary/aromatic N) is 1. The van der Waals surface area contributed by atoms with Gasteiger partial charge in [-0.1, -0.05) is 19.1 Å². The minimum Gasteiger partial charge on any atom is -0.493 e. The number of aryl methyl sites for hydroxylation is 1. The second kappa shape index (κ2) is 7.86. The highest BCUT2D eigenvalue weighted by molar-refractivity contribution is 5.94. The molecule has 0 saturated heterocycles. The van der Waals surface area contributed by atoms with Crippen LogP contribution in [0.25, 0.3) is 0 Å². The number of amides is 1. The number of para-hydroxylation sites is 1. The minimum absolute atomic E-state index is 0.147. The zero-order chi connectivity index (χ0) is 19.6. The summed E-state index contributed by atoms with van der Waals surface area (Å²) < 4.78 is 12.7. The van der Waals surface area contributed by atoms with Crippen LogP contribution in [0.5, 0.6) is 11.5 Å². The van der Waals surface area contributed by atoms with E-state index < -0.39 is 0 Å². The topological polar surface area (TPSA) is 69.6 Å². The lowest BCUT2D eigenvalue weighted by Crippen LogP contribution is -2.38. The summed E-state index contributed by atoms with van der Waals surface area (Å²) in [6.07, 6.45) is 1.54. The maximum atomic E-state index is 12.6. The van der Waals surface area contributed by atoms with Crippen LogP contribution in [-0.2, 0) is 19.9 Å². The predicted molar refractivity (Wildman–Crippen MR) is 104 cm³/mol. The Bertz CT molecular complexity index is 917. The van der Waals surface area contributed by atoms with Crippen molar-refractivity contribution in [2.45, 2.75) is 26.7 Å². The Morgan fingerprint density at radius 2 is 2.19 bits per heavy atom. The van der Waals surface area contributed by atoms with Crippen LogP contribution >= 0.6 is 0 Å². The van der Waals surface area contributed by atoms with Crippen LogP contribution in [0, 0.1) is 12.8 Å². The first kappa shape index (κ1) is 19.0. The summed E-state index contributed by atoms with van der Waals surface area (Å²) in [7, 11) is 3.34. The fourth-order valence-corrected chi connectivity index (χ4v) is 3.69. The van der Waals surface area contributed by atoms with E-state index in [1.807, 2.05) is 32.0 Å². The molecule has 0 radical (unpaired) electrons. The van der Waals surface area contributed by atoms with Crippen LogP contribution in [0.1, 0.15) is 34.1 Å². The lowest BCUT2D eigenvalue weighted by atomic mass is 9.96. The summed E-state index contributed by atoms with van der Waals surface area (Å²) in [6, 6.07) is 7.51. The van der Waals surface area contributed by atoms with Gasteiger partial charge in [0.1, 0.15) is 5.56 Å². The number of carbonyl (C=O) groups excluding carboxylic acids is 1. The molecule has 1 aliphatic heterocycles. The molecular formula is C21H26N2O4. The van der Waals surface area contributed by atoms with Gasteiger partial charge < -0.3 is 19.4 Å². The Morgan fingerprint density at radius 3 is 2.89 bits per heavy atom. The molecule has 0 fully saturated rings. The Balaban J connectivity index is 1.69. The quantitative estimate of drug-likeness (QED) is 0.876. The number of aromatic nitrogens is 1. The van der Waals surface area contributed by atoms with Gasteiger partial charge in [-0.25, -0.2) is 0 Å². The van der Waals surface area contributed by atoms with Crippen molar-refractivity contribution in [1.29, 1.82) is 0 Å². The van der Waals surface area contributed by atoms with Crippen molar-refractivity contribution >= 4 is 5.91 Å². The van der Waals surface area contributed by atoms with Crippen LogP contribution in [0.3, 0.4) is 0 Å². The predicted octanol–water partition coefficient (Wildman–Crippen LogP) is 2.25. The molecule has 1 aromatic heterocycles. The van der Waals surface area contributed by atoms with Crippen molar-refractivity contribution in [3.05, 3.63) is 57.0 Å². The van der Waals surface area contributed by atoms with E-state index in [2.05, 4.69) is 5.32 Å². The number of carbonyl (C=O) groups is 1. The van der Waals surface area contributed by atoms with E-state index in [0.717, 1.165) is 41.2 Å². The maximum absolute atomic E-state index is 12.6. The minimum atomic E-state index is -0.335. The van der Waals surface area contributed by atoms with E-state index in [9.17, 15) is 9.59 Å². The Morgan fingerprint density at radius 1 is 1.41 bits per heavy atom. The van der Waals surface area contributed by atoms with Crippen LogP contribution < -0.4 is 20.3 Å². The molecule has 1 amide bonds. The van der Waals surface area contributed by atoms with Gasteiger partial charge in [0.15, 0.2) is 11.5 Å². The lowest BCUT2D eigenvalue weighted by Gasteiger charge is -2.26. The van der Waals surface area contributed by atoms with Gasteiger partial charge in [-0.15, -0.1) is 0 Å². The summed E-state index contributed by atoms with van der Waals surface area (Å²) in [5.41, 5.74) is 2.89. The number of nitrogens with one attached hydrogen (secondary N) is 1. The molecule has 0 bridgehead atoms. The van der Waals surface area contributed by atoms with Gasteiger partial charge in [-0.05, 0) is 43.0 Å². The molecule has 1 N–H and O–H groups in total. The van der Waals surface area contributed by atoms with Gasteiger partial charge in [-0.3, -0.25) is 9.59 Å². The van der Waals surface area contributed by atoms with Gasteiger partial charge in [-0.2, -0.15) is 0 Å². The lowest BCUT2D eigenvalue weighted by molar-refractivity contribution is 0.0936. The van der Waals surface area contributed by atoms with Gasteiger partial charge >= 0.3 is 0 Å². The van der Waals surface area contributed by atoms with E-state index in [1.54, 1.807) is 24.8 Å². The monoisotopic (exact) mass is 370 g/mol. The average Bonchev–Trinajstić information content (AvgIpc) is 2.68. The second-order valence-corrected chi connectivity index (χ2v) is 6.95. The second-order valence-electron chi connectivity index (χ2n) is 6.95. The van der Waals surface area contributed by atoms with Crippen molar-refractivity contribution in [2.75, 3.05) is 20.3 Å². The third kappa shape index (κ3) is 3.70. The van der Waals surface area contributed by atoms with Gasteiger partial charge in [0.2, 0.25) is 0 Å². The number of rotatable bonds is 5. The summed E-state index contributed by atoms with van der Waals surface area (Å²) in [4.78, 5) is 25.1. The van der Waals surface area contributed by atoms with Crippen molar-refractivity contribution in [1.82, 2.24) is 9.88 Å². The first-order valence-corrected chi connectivity index (χ1v) is 9.22. The summed E-state index contributed by atoms with van der Waals surface area (Å²) >= 11 is 0. The molecule has 27 heavy (non-hydrogen) atoms.